The molecular formula is C20H24FN3O. The Morgan fingerprint density at radius 1 is 1.28 bits per heavy atom. The molecular weight excluding hydrogens is 317 g/mol. The number of hydrogen-bond donors (Lipinski definition) is 1. The van der Waals surface area contributed by atoms with Crippen LogP contribution in [0.2, 0.25) is 0 Å². The van der Waals surface area contributed by atoms with E-state index >= 15 is 0 Å². The molecule has 4 heterocycles. The van der Waals surface area contributed by atoms with Crippen LogP contribution in [0.25, 0.3) is 10.9 Å². The third-order valence-corrected chi connectivity index (χ3v) is 6.44. The molecule has 4 nitrogen and oxygen atoms in total. The van der Waals surface area contributed by atoms with E-state index in [1.165, 1.54) is 0 Å². The first kappa shape index (κ1) is 15.4. The van der Waals surface area contributed by atoms with E-state index in [2.05, 4.69) is 20.9 Å². The van der Waals surface area contributed by atoms with E-state index in [9.17, 15) is 9.18 Å². The van der Waals surface area contributed by atoms with Gasteiger partial charge in [-0.2, -0.15) is 0 Å². The van der Waals surface area contributed by atoms with Crippen molar-refractivity contribution in [3.63, 3.8) is 0 Å². The lowest BCUT2D eigenvalue weighted by atomic mass is 9.93. The quantitative estimate of drug-likeness (QED) is 0.932. The van der Waals surface area contributed by atoms with Crippen LogP contribution in [0.4, 0.5) is 4.39 Å². The zero-order chi connectivity index (χ0) is 17.0. The molecule has 0 unspecified atom stereocenters. The van der Waals surface area contributed by atoms with E-state index in [0.29, 0.717) is 19.5 Å². The van der Waals surface area contributed by atoms with Crippen LogP contribution < -0.4 is 5.32 Å². The molecule has 1 amide bonds. The van der Waals surface area contributed by atoms with Gasteiger partial charge in [0.15, 0.2) is 0 Å². The Bertz CT molecular complexity index is 845. The fourth-order valence-electron chi connectivity index (χ4n) is 5.36. The van der Waals surface area contributed by atoms with Crippen LogP contribution in [0.3, 0.4) is 0 Å². The van der Waals surface area contributed by atoms with E-state index in [1.54, 1.807) is 0 Å². The number of alkyl halides is 1. The Balaban J connectivity index is 1.43. The van der Waals surface area contributed by atoms with Gasteiger partial charge in [0.05, 0.1) is 5.56 Å². The minimum atomic E-state index is -0.753. The SMILES string of the molecule is O=C(NC[C@]12CCCN1C[C@@H](F)C2)c1c2n(c3ccccc13)CCC2. The van der Waals surface area contributed by atoms with Crippen LogP contribution in [0.5, 0.6) is 0 Å². The Labute approximate surface area is 147 Å². The van der Waals surface area contributed by atoms with Gasteiger partial charge >= 0.3 is 0 Å². The number of hydrogen-bond acceptors (Lipinski definition) is 2. The molecule has 3 aliphatic heterocycles. The Morgan fingerprint density at radius 2 is 2.16 bits per heavy atom. The minimum Gasteiger partial charge on any atom is -0.350 e. The maximum absolute atomic E-state index is 13.9. The number of rotatable bonds is 3. The Morgan fingerprint density at radius 3 is 3.08 bits per heavy atom. The highest BCUT2D eigenvalue weighted by molar-refractivity contribution is 6.08. The largest absolute Gasteiger partial charge is 0.350 e. The van der Waals surface area contributed by atoms with E-state index in [4.69, 9.17) is 0 Å². The molecule has 0 bridgehead atoms. The van der Waals surface area contributed by atoms with Gasteiger partial charge in [-0.05, 0) is 44.7 Å². The summed E-state index contributed by atoms with van der Waals surface area (Å²) in [5.74, 6) is 0.00961. The van der Waals surface area contributed by atoms with E-state index < -0.39 is 6.17 Å². The van der Waals surface area contributed by atoms with Crippen LogP contribution in [0.15, 0.2) is 24.3 Å². The summed E-state index contributed by atoms with van der Waals surface area (Å²) >= 11 is 0. The summed E-state index contributed by atoms with van der Waals surface area (Å²) in [5, 5.41) is 4.22. The minimum absolute atomic E-state index is 0.00961. The maximum Gasteiger partial charge on any atom is 0.253 e. The molecule has 2 atom stereocenters. The molecule has 5 heteroatoms. The zero-order valence-electron chi connectivity index (χ0n) is 14.4. The fraction of sp³-hybridized carbons (Fsp3) is 0.550. The smallest absolute Gasteiger partial charge is 0.253 e. The average molecular weight is 341 g/mol. The van der Waals surface area contributed by atoms with Crippen LogP contribution >= 0.6 is 0 Å². The third-order valence-electron chi connectivity index (χ3n) is 6.44. The zero-order valence-corrected chi connectivity index (χ0v) is 14.4. The van der Waals surface area contributed by atoms with Crippen molar-refractivity contribution in [3.05, 3.63) is 35.5 Å². The monoisotopic (exact) mass is 341 g/mol. The van der Waals surface area contributed by atoms with Crippen LogP contribution in [0, 0.1) is 0 Å². The van der Waals surface area contributed by atoms with Crippen LogP contribution in [-0.2, 0) is 13.0 Å². The highest BCUT2D eigenvalue weighted by atomic mass is 19.1. The second kappa shape index (κ2) is 5.56. The van der Waals surface area contributed by atoms with Gasteiger partial charge in [-0.1, -0.05) is 18.2 Å². The van der Waals surface area contributed by atoms with E-state index in [1.807, 2.05) is 18.2 Å². The lowest BCUT2D eigenvalue weighted by molar-refractivity contribution is 0.0920. The second-order valence-corrected chi connectivity index (χ2v) is 7.85. The fourth-order valence-corrected chi connectivity index (χ4v) is 5.36. The number of para-hydroxylation sites is 1. The molecule has 1 aromatic heterocycles. The first-order valence-corrected chi connectivity index (χ1v) is 9.45. The summed E-state index contributed by atoms with van der Waals surface area (Å²) in [7, 11) is 0. The van der Waals surface area contributed by atoms with E-state index in [0.717, 1.165) is 60.9 Å². The molecule has 0 saturated carbocycles. The molecule has 2 aromatic rings. The van der Waals surface area contributed by atoms with Gasteiger partial charge in [-0.15, -0.1) is 0 Å². The number of aromatic nitrogens is 1. The number of aryl methyl sites for hydroxylation is 1. The number of benzene rings is 1. The molecule has 132 valence electrons. The normalized spacial score (nSPS) is 28.4. The molecule has 1 N–H and O–H groups in total. The van der Waals surface area contributed by atoms with Crippen molar-refractivity contribution < 1.29 is 9.18 Å². The lowest BCUT2D eigenvalue weighted by Gasteiger charge is -2.31. The number of halogens is 1. The standard InChI is InChI=1S/C20H24FN3O/c21-14-11-20(8-4-9-23(20)12-14)13-22-19(25)18-15-5-1-2-6-16(15)24-10-3-7-17(18)24/h1-2,5-6,14H,3-4,7-13H2,(H,22,25)/t14-,20+/m0/s1. The third kappa shape index (κ3) is 2.25. The maximum atomic E-state index is 13.9. The van der Waals surface area contributed by atoms with Gasteiger partial charge in [0.25, 0.3) is 5.91 Å². The van der Waals surface area contributed by atoms with Crippen molar-refractivity contribution in [3.8, 4) is 0 Å². The summed E-state index contributed by atoms with van der Waals surface area (Å²) in [6.07, 6.45) is 3.96. The van der Waals surface area contributed by atoms with Gasteiger partial charge in [-0.25, -0.2) is 4.39 Å². The highest BCUT2D eigenvalue weighted by Gasteiger charge is 2.48. The summed E-state index contributed by atoms with van der Waals surface area (Å²) < 4.78 is 16.2. The van der Waals surface area contributed by atoms with Crippen molar-refractivity contribution in [2.75, 3.05) is 19.6 Å². The Kier molecular flexibility index (Phi) is 3.42. The Hall–Kier alpha value is -1.88. The lowest BCUT2D eigenvalue weighted by Crippen LogP contribution is -2.48. The van der Waals surface area contributed by atoms with E-state index in [-0.39, 0.29) is 11.4 Å². The van der Waals surface area contributed by atoms with Crippen molar-refractivity contribution in [2.45, 2.75) is 50.4 Å². The predicted octanol–water partition coefficient (Wildman–Crippen LogP) is 2.89. The van der Waals surface area contributed by atoms with Gasteiger partial charge in [-0.3, -0.25) is 9.69 Å². The molecule has 0 radical (unpaired) electrons. The summed E-state index contributed by atoms with van der Waals surface area (Å²) in [6.45, 7) is 3.04. The average Bonchev–Trinajstić information content (AvgIpc) is 3.31. The van der Waals surface area contributed by atoms with Gasteiger partial charge < -0.3 is 9.88 Å². The number of nitrogens with one attached hydrogen (secondary N) is 1. The topological polar surface area (TPSA) is 37.3 Å². The van der Waals surface area contributed by atoms with Crippen LogP contribution in [0.1, 0.15) is 41.7 Å². The second-order valence-electron chi connectivity index (χ2n) is 7.85. The molecule has 0 aliphatic carbocycles. The van der Waals surface area contributed by atoms with Crippen molar-refractivity contribution in [2.24, 2.45) is 0 Å². The predicted molar refractivity (Wildman–Crippen MR) is 95.6 cm³/mol. The van der Waals surface area contributed by atoms with Crippen molar-refractivity contribution in [1.82, 2.24) is 14.8 Å². The molecule has 2 saturated heterocycles. The number of fused-ring (bicyclic) bond motifs is 4. The number of carbonyl (C=O) groups is 1. The molecule has 1 aromatic carbocycles. The molecule has 5 rings (SSSR count). The first-order valence-electron chi connectivity index (χ1n) is 9.45. The molecule has 2 fully saturated rings. The van der Waals surface area contributed by atoms with Gasteiger partial charge in [0, 0.05) is 41.8 Å². The number of nitrogens with zero attached hydrogens (tertiary/aromatic N) is 2. The first-order chi connectivity index (χ1) is 12.2. The van der Waals surface area contributed by atoms with Gasteiger partial charge in [0.1, 0.15) is 6.17 Å². The summed E-state index contributed by atoms with van der Waals surface area (Å²) in [4.78, 5) is 15.3. The van der Waals surface area contributed by atoms with Gasteiger partial charge in [0.2, 0.25) is 0 Å². The van der Waals surface area contributed by atoms with Crippen LogP contribution in [-0.4, -0.2) is 46.7 Å². The highest BCUT2D eigenvalue weighted by Crippen LogP contribution is 2.39. The van der Waals surface area contributed by atoms with Crippen molar-refractivity contribution >= 4 is 16.8 Å². The van der Waals surface area contributed by atoms with Crippen molar-refractivity contribution in [1.29, 1.82) is 0 Å². The summed E-state index contributed by atoms with van der Waals surface area (Å²) in [6, 6.07) is 8.17. The number of carbonyl (C=O) groups excluding carboxylic acids is 1. The number of amides is 1. The molecule has 3 aliphatic rings. The summed E-state index contributed by atoms with van der Waals surface area (Å²) in [5.41, 5.74) is 3.00. The molecule has 25 heavy (non-hydrogen) atoms. The molecule has 0 spiro atoms.